The second kappa shape index (κ2) is 5.92. The molecule has 0 bridgehead atoms. The maximum absolute atomic E-state index is 12.8. The molecule has 24 heavy (non-hydrogen) atoms. The van der Waals surface area contributed by atoms with E-state index >= 15 is 0 Å². The van der Waals surface area contributed by atoms with E-state index in [2.05, 4.69) is 20.3 Å². The number of amides is 1. The van der Waals surface area contributed by atoms with Crippen LogP contribution in [0.1, 0.15) is 35.2 Å². The molecule has 122 valence electrons. The molecule has 3 aromatic rings. The van der Waals surface area contributed by atoms with Crippen LogP contribution in [-0.4, -0.2) is 42.3 Å². The average molecular weight is 322 g/mol. The molecule has 0 aliphatic carbocycles. The Balaban J connectivity index is 1.61. The van der Waals surface area contributed by atoms with Crippen molar-refractivity contribution < 1.29 is 4.79 Å². The number of aromatic amines is 1. The molecule has 1 atom stereocenters. The Morgan fingerprint density at radius 1 is 1.25 bits per heavy atom. The van der Waals surface area contributed by atoms with Crippen LogP contribution in [0.15, 0.2) is 42.6 Å². The summed E-state index contributed by atoms with van der Waals surface area (Å²) in [5, 5.41) is 11.4. The molecular formula is C17H18N6O. The zero-order chi connectivity index (χ0) is 16.5. The predicted molar refractivity (Wildman–Crippen MR) is 88.0 cm³/mol. The van der Waals surface area contributed by atoms with Crippen molar-refractivity contribution in [2.24, 2.45) is 7.05 Å². The maximum Gasteiger partial charge on any atom is 0.272 e. The number of aryl methyl sites for hydroxylation is 1. The van der Waals surface area contributed by atoms with Crippen molar-refractivity contribution in [1.82, 2.24) is 29.9 Å². The van der Waals surface area contributed by atoms with Crippen LogP contribution in [0, 0.1) is 0 Å². The summed E-state index contributed by atoms with van der Waals surface area (Å²) in [5.74, 6) is 1.38. The van der Waals surface area contributed by atoms with E-state index in [4.69, 9.17) is 0 Å². The van der Waals surface area contributed by atoms with Crippen molar-refractivity contribution in [1.29, 1.82) is 0 Å². The molecule has 1 amide bonds. The van der Waals surface area contributed by atoms with Crippen LogP contribution < -0.4 is 0 Å². The van der Waals surface area contributed by atoms with Crippen molar-refractivity contribution >= 4 is 5.91 Å². The highest BCUT2D eigenvalue weighted by Gasteiger charge is 2.34. The molecule has 2 aromatic heterocycles. The van der Waals surface area contributed by atoms with Crippen LogP contribution in [0.25, 0.3) is 11.4 Å². The van der Waals surface area contributed by atoms with Crippen molar-refractivity contribution in [2.75, 3.05) is 6.54 Å². The Morgan fingerprint density at radius 3 is 2.83 bits per heavy atom. The van der Waals surface area contributed by atoms with Gasteiger partial charge < -0.3 is 4.90 Å². The molecule has 1 N–H and O–H groups in total. The Hall–Kier alpha value is -2.96. The van der Waals surface area contributed by atoms with Gasteiger partial charge in [-0.2, -0.15) is 10.2 Å². The van der Waals surface area contributed by atoms with E-state index in [9.17, 15) is 4.79 Å². The van der Waals surface area contributed by atoms with Crippen LogP contribution in [0.4, 0.5) is 0 Å². The van der Waals surface area contributed by atoms with Crippen molar-refractivity contribution in [3.05, 3.63) is 54.1 Å². The van der Waals surface area contributed by atoms with Gasteiger partial charge >= 0.3 is 0 Å². The number of nitrogens with zero attached hydrogens (tertiary/aromatic N) is 5. The Labute approximate surface area is 139 Å². The largest absolute Gasteiger partial charge is 0.327 e. The Bertz CT molecular complexity index is 853. The van der Waals surface area contributed by atoms with E-state index < -0.39 is 0 Å². The van der Waals surface area contributed by atoms with Crippen LogP contribution >= 0.6 is 0 Å². The van der Waals surface area contributed by atoms with Gasteiger partial charge in [-0.3, -0.25) is 14.6 Å². The molecule has 1 unspecified atom stereocenters. The molecule has 1 aliphatic heterocycles. The van der Waals surface area contributed by atoms with E-state index in [1.807, 2.05) is 35.2 Å². The molecule has 3 heterocycles. The van der Waals surface area contributed by atoms with E-state index in [1.54, 1.807) is 24.0 Å². The van der Waals surface area contributed by atoms with Crippen LogP contribution in [-0.2, 0) is 7.05 Å². The number of nitrogens with one attached hydrogen (secondary N) is 1. The van der Waals surface area contributed by atoms with E-state index in [0.717, 1.165) is 30.8 Å². The molecular weight excluding hydrogens is 304 g/mol. The molecule has 1 aromatic carbocycles. The highest BCUT2D eigenvalue weighted by Crippen LogP contribution is 2.31. The molecule has 1 aliphatic rings. The number of hydrogen-bond donors (Lipinski definition) is 1. The second-order valence-corrected chi connectivity index (χ2v) is 5.91. The van der Waals surface area contributed by atoms with Crippen LogP contribution in [0.3, 0.4) is 0 Å². The molecule has 0 radical (unpaired) electrons. The number of aromatic nitrogens is 5. The summed E-state index contributed by atoms with van der Waals surface area (Å²) in [7, 11) is 1.78. The summed E-state index contributed by atoms with van der Waals surface area (Å²) in [6.07, 6.45) is 3.48. The predicted octanol–water partition coefficient (Wildman–Crippen LogP) is 2.18. The van der Waals surface area contributed by atoms with Gasteiger partial charge in [0.05, 0.1) is 6.04 Å². The number of carbonyl (C=O) groups is 1. The summed E-state index contributed by atoms with van der Waals surface area (Å²) in [6, 6.07) is 11.5. The first-order chi connectivity index (χ1) is 11.7. The Morgan fingerprint density at radius 2 is 2.08 bits per heavy atom. The van der Waals surface area contributed by atoms with Crippen molar-refractivity contribution in [3.63, 3.8) is 0 Å². The molecule has 0 saturated carbocycles. The van der Waals surface area contributed by atoms with Gasteiger partial charge in [0.1, 0.15) is 11.5 Å². The summed E-state index contributed by atoms with van der Waals surface area (Å²) in [6.45, 7) is 0.718. The Kier molecular flexibility index (Phi) is 3.60. The average Bonchev–Trinajstić information content (AvgIpc) is 3.35. The lowest BCUT2D eigenvalue weighted by molar-refractivity contribution is 0.0719. The number of likely N-dealkylation sites (tertiary alicyclic amines) is 1. The van der Waals surface area contributed by atoms with Gasteiger partial charge in [0.2, 0.25) is 0 Å². The number of benzene rings is 1. The smallest absolute Gasteiger partial charge is 0.272 e. The quantitative estimate of drug-likeness (QED) is 0.801. The maximum atomic E-state index is 12.8. The molecule has 7 heteroatoms. The molecule has 7 nitrogen and oxygen atoms in total. The molecule has 1 fully saturated rings. The molecule has 1 saturated heterocycles. The number of H-pyrrole nitrogens is 1. The highest BCUT2D eigenvalue weighted by molar-refractivity contribution is 5.93. The topological polar surface area (TPSA) is 79.7 Å². The first-order valence-electron chi connectivity index (χ1n) is 8.01. The van der Waals surface area contributed by atoms with Gasteiger partial charge in [0.15, 0.2) is 5.82 Å². The summed E-state index contributed by atoms with van der Waals surface area (Å²) >= 11 is 0. The lowest BCUT2D eigenvalue weighted by Gasteiger charge is -2.22. The van der Waals surface area contributed by atoms with Crippen LogP contribution in [0.5, 0.6) is 0 Å². The van der Waals surface area contributed by atoms with Gasteiger partial charge in [-0.25, -0.2) is 4.98 Å². The van der Waals surface area contributed by atoms with Crippen molar-refractivity contribution in [2.45, 2.75) is 18.9 Å². The van der Waals surface area contributed by atoms with Crippen LogP contribution in [0.2, 0.25) is 0 Å². The first kappa shape index (κ1) is 14.6. The normalized spacial score (nSPS) is 17.4. The van der Waals surface area contributed by atoms with Gasteiger partial charge in [-0.1, -0.05) is 30.3 Å². The highest BCUT2D eigenvalue weighted by atomic mass is 16.2. The lowest BCUT2D eigenvalue weighted by atomic mass is 10.2. The van der Waals surface area contributed by atoms with E-state index in [1.165, 1.54) is 0 Å². The van der Waals surface area contributed by atoms with Gasteiger partial charge in [-0.15, -0.1) is 0 Å². The lowest BCUT2D eigenvalue weighted by Crippen LogP contribution is -2.32. The van der Waals surface area contributed by atoms with Gasteiger partial charge in [0, 0.05) is 25.4 Å². The minimum absolute atomic E-state index is 0.0184. The monoisotopic (exact) mass is 322 g/mol. The number of carbonyl (C=O) groups excluding carboxylic acids is 1. The first-order valence-corrected chi connectivity index (χ1v) is 8.01. The summed E-state index contributed by atoms with van der Waals surface area (Å²) < 4.78 is 1.60. The molecule has 4 rings (SSSR count). The third-order valence-corrected chi connectivity index (χ3v) is 4.40. The number of rotatable bonds is 3. The zero-order valence-corrected chi connectivity index (χ0v) is 13.4. The molecule has 0 spiro atoms. The van der Waals surface area contributed by atoms with E-state index in [0.29, 0.717) is 11.5 Å². The minimum atomic E-state index is -0.0719. The number of hydrogen-bond acceptors (Lipinski definition) is 4. The van der Waals surface area contributed by atoms with Gasteiger partial charge in [-0.05, 0) is 18.9 Å². The summed E-state index contributed by atoms with van der Waals surface area (Å²) in [4.78, 5) is 19.3. The van der Waals surface area contributed by atoms with E-state index in [-0.39, 0.29) is 11.9 Å². The van der Waals surface area contributed by atoms with Crippen molar-refractivity contribution in [3.8, 4) is 11.4 Å². The fourth-order valence-corrected chi connectivity index (χ4v) is 3.16. The zero-order valence-electron chi connectivity index (χ0n) is 13.4. The fourth-order valence-electron chi connectivity index (χ4n) is 3.16. The summed E-state index contributed by atoms with van der Waals surface area (Å²) in [5.41, 5.74) is 1.55. The third kappa shape index (κ3) is 2.47. The minimum Gasteiger partial charge on any atom is -0.327 e. The standard InChI is InChI=1S/C17H18N6O/c1-22-14(9-10-18-22)17(24)23-11-5-8-13(23)16-19-15(20-21-16)12-6-3-2-4-7-12/h2-4,6-7,9-10,13H,5,8,11H2,1H3,(H,19,20,21). The SMILES string of the molecule is Cn1nccc1C(=O)N1CCCC1c1nc(-c2ccccc2)n[nH]1. The van der Waals surface area contributed by atoms with Gasteiger partial charge in [0.25, 0.3) is 5.91 Å². The third-order valence-electron chi connectivity index (χ3n) is 4.40. The fraction of sp³-hybridized carbons (Fsp3) is 0.294. The second-order valence-electron chi connectivity index (χ2n) is 5.91.